The average molecular weight is 467 g/mol. The topological polar surface area (TPSA) is 129 Å². The highest BCUT2D eigenvalue weighted by molar-refractivity contribution is 6.00. The van der Waals surface area contributed by atoms with Crippen molar-refractivity contribution < 1.29 is 9.90 Å². The Labute approximate surface area is 196 Å². The van der Waals surface area contributed by atoms with Crippen LogP contribution in [0.3, 0.4) is 0 Å². The number of hydrogen-bond donors (Lipinski definition) is 4. The van der Waals surface area contributed by atoms with Crippen molar-refractivity contribution in [2.45, 2.75) is 43.9 Å². The molecule has 2 aliphatic rings. The number of hydrogen-bond acceptors (Lipinski definition) is 8. The molecular formula is C23H30N8O3. The monoisotopic (exact) mass is 466 g/mol. The van der Waals surface area contributed by atoms with Crippen molar-refractivity contribution >= 4 is 28.9 Å². The molecule has 0 aromatic carbocycles. The number of aliphatic hydroxyl groups excluding tert-OH is 1. The second-order valence-electron chi connectivity index (χ2n) is 9.09. The lowest BCUT2D eigenvalue weighted by Crippen LogP contribution is -2.50. The Morgan fingerprint density at radius 3 is 2.68 bits per heavy atom. The van der Waals surface area contributed by atoms with Gasteiger partial charge in [0.15, 0.2) is 5.65 Å². The molecule has 3 aromatic rings. The third-order valence-electron chi connectivity index (χ3n) is 6.85. The minimum Gasteiger partial charge on any atom is -0.391 e. The number of fused-ring (bicyclic) bond motifs is 1. The first-order valence-electron chi connectivity index (χ1n) is 11.7. The van der Waals surface area contributed by atoms with Gasteiger partial charge in [-0.2, -0.15) is 9.61 Å². The van der Waals surface area contributed by atoms with Crippen LogP contribution in [0.4, 0.5) is 17.3 Å². The molecule has 11 nitrogen and oxygen atoms in total. The maximum Gasteiger partial charge on any atom is 0.274 e. The number of carbonyl (C=O) groups excluding carboxylic acids is 1. The lowest BCUT2D eigenvalue weighted by molar-refractivity contribution is 0.0448. The van der Waals surface area contributed by atoms with Gasteiger partial charge in [0.2, 0.25) is 0 Å². The van der Waals surface area contributed by atoms with Gasteiger partial charge in [0.25, 0.3) is 11.5 Å². The standard InChI is InChI=1S/C23H30N8O3/c1-24-20-12-19(26-17-4-3-9-30(23(17)34)14-7-10-29(2)11-8-14)28-21-15(13-25-31(20)21)22(33)27-16-5-6-18(16)32/h3-4,9,12-14,16,18,24,32H,5-8,10-11H2,1-2H3,(H,26,28)(H,27,33)/t16-,18+/m1/s1. The predicted octanol–water partition coefficient (Wildman–Crippen LogP) is 1.20. The van der Waals surface area contributed by atoms with Crippen LogP contribution in [-0.2, 0) is 0 Å². The summed E-state index contributed by atoms with van der Waals surface area (Å²) in [5.74, 6) is 0.699. The summed E-state index contributed by atoms with van der Waals surface area (Å²) in [6.45, 7) is 1.92. The average Bonchev–Trinajstić information content (AvgIpc) is 3.27. The number of nitrogens with one attached hydrogen (secondary N) is 3. The minimum absolute atomic E-state index is 0.102. The van der Waals surface area contributed by atoms with Gasteiger partial charge < -0.3 is 30.5 Å². The number of piperidine rings is 1. The second-order valence-corrected chi connectivity index (χ2v) is 9.09. The smallest absolute Gasteiger partial charge is 0.274 e. The van der Waals surface area contributed by atoms with Gasteiger partial charge in [-0.1, -0.05) is 0 Å². The van der Waals surface area contributed by atoms with Crippen LogP contribution in [0.2, 0.25) is 0 Å². The van der Waals surface area contributed by atoms with Gasteiger partial charge in [0, 0.05) is 25.4 Å². The molecule has 11 heteroatoms. The van der Waals surface area contributed by atoms with Crippen LogP contribution < -0.4 is 21.5 Å². The largest absolute Gasteiger partial charge is 0.391 e. The fourth-order valence-corrected chi connectivity index (χ4v) is 4.57. The highest BCUT2D eigenvalue weighted by atomic mass is 16.3. The van der Waals surface area contributed by atoms with E-state index in [0.29, 0.717) is 35.0 Å². The molecule has 1 aliphatic carbocycles. The molecule has 0 radical (unpaired) electrons. The summed E-state index contributed by atoms with van der Waals surface area (Å²) >= 11 is 0. The number of amides is 1. The first-order chi connectivity index (χ1) is 16.4. The SMILES string of the molecule is CNc1cc(Nc2cccn(C3CCN(C)CC3)c2=O)nc2c(C(=O)N[C@@H]3CC[C@@H]3O)cnn12. The Balaban J connectivity index is 1.44. The van der Waals surface area contributed by atoms with Crippen molar-refractivity contribution in [2.24, 2.45) is 0 Å². The van der Waals surface area contributed by atoms with Crippen LogP contribution in [-0.4, -0.2) is 74.4 Å². The van der Waals surface area contributed by atoms with E-state index in [1.807, 2.05) is 12.3 Å². The fourth-order valence-electron chi connectivity index (χ4n) is 4.57. The molecule has 1 saturated carbocycles. The number of anilines is 3. The number of likely N-dealkylation sites (tertiary alicyclic amines) is 1. The van der Waals surface area contributed by atoms with Gasteiger partial charge in [-0.05, 0) is 58.0 Å². The molecule has 5 rings (SSSR count). The van der Waals surface area contributed by atoms with Gasteiger partial charge >= 0.3 is 0 Å². The van der Waals surface area contributed by atoms with Crippen molar-refractivity contribution in [1.29, 1.82) is 0 Å². The highest BCUT2D eigenvalue weighted by Gasteiger charge is 2.31. The Hall–Kier alpha value is -3.44. The first kappa shape index (κ1) is 22.4. The lowest BCUT2D eigenvalue weighted by atomic mass is 9.89. The van der Waals surface area contributed by atoms with Gasteiger partial charge in [0.1, 0.15) is 22.9 Å². The van der Waals surface area contributed by atoms with E-state index in [4.69, 9.17) is 0 Å². The summed E-state index contributed by atoms with van der Waals surface area (Å²) in [4.78, 5) is 32.9. The van der Waals surface area contributed by atoms with E-state index >= 15 is 0 Å². The van der Waals surface area contributed by atoms with Crippen molar-refractivity contribution in [3.05, 3.63) is 46.5 Å². The van der Waals surface area contributed by atoms with Crippen LogP contribution in [0.5, 0.6) is 0 Å². The number of rotatable bonds is 6. The van der Waals surface area contributed by atoms with E-state index in [-0.39, 0.29) is 23.6 Å². The van der Waals surface area contributed by atoms with E-state index in [0.717, 1.165) is 32.4 Å². The second kappa shape index (κ2) is 9.07. The molecule has 34 heavy (non-hydrogen) atoms. The number of aliphatic hydroxyl groups is 1. The molecule has 0 bridgehead atoms. The molecule has 1 amide bonds. The number of aromatic nitrogens is 4. The van der Waals surface area contributed by atoms with Crippen molar-refractivity contribution in [1.82, 2.24) is 29.4 Å². The summed E-state index contributed by atoms with van der Waals surface area (Å²) in [7, 11) is 3.84. The van der Waals surface area contributed by atoms with Crippen LogP contribution in [0.15, 0.2) is 35.4 Å². The number of nitrogens with zero attached hydrogens (tertiary/aromatic N) is 5. The van der Waals surface area contributed by atoms with Crippen molar-refractivity contribution in [3.63, 3.8) is 0 Å². The number of carbonyl (C=O) groups is 1. The van der Waals surface area contributed by atoms with Gasteiger partial charge in [-0.3, -0.25) is 9.59 Å². The van der Waals surface area contributed by atoms with Crippen molar-refractivity contribution in [3.8, 4) is 0 Å². The molecule has 1 aliphatic heterocycles. The summed E-state index contributed by atoms with van der Waals surface area (Å²) in [5.41, 5.74) is 0.974. The molecule has 180 valence electrons. The van der Waals surface area contributed by atoms with E-state index in [1.54, 1.807) is 28.3 Å². The van der Waals surface area contributed by atoms with Gasteiger partial charge in [0.05, 0.1) is 18.3 Å². The van der Waals surface area contributed by atoms with E-state index in [9.17, 15) is 14.7 Å². The van der Waals surface area contributed by atoms with Gasteiger partial charge in [-0.15, -0.1) is 0 Å². The molecular weight excluding hydrogens is 436 g/mol. The highest BCUT2D eigenvalue weighted by Crippen LogP contribution is 2.24. The van der Waals surface area contributed by atoms with Gasteiger partial charge in [-0.25, -0.2) is 4.98 Å². The van der Waals surface area contributed by atoms with Crippen molar-refractivity contribution in [2.75, 3.05) is 37.8 Å². The van der Waals surface area contributed by atoms with E-state index in [2.05, 4.69) is 38.0 Å². The van der Waals surface area contributed by atoms with Crippen LogP contribution >= 0.6 is 0 Å². The van der Waals surface area contributed by atoms with E-state index in [1.165, 1.54) is 6.20 Å². The Bertz CT molecular complexity index is 1260. The van der Waals surface area contributed by atoms with Crippen LogP contribution in [0.1, 0.15) is 42.1 Å². The Morgan fingerprint density at radius 1 is 1.21 bits per heavy atom. The summed E-state index contributed by atoms with van der Waals surface area (Å²) in [6.07, 6.45) is 6.06. The lowest BCUT2D eigenvalue weighted by Gasteiger charge is -2.32. The first-order valence-corrected chi connectivity index (χ1v) is 11.7. The molecule has 0 unspecified atom stereocenters. The molecule has 4 heterocycles. The van der Waals surface area contributed by atoms with Crippen LogP contribution in [0.25, 0.3) is 5.65 Å². The summed E-state index contributed by atoms with van der Waals surface area (Å²) in [5, 5.41) is 23.2. The summed E-state index contributed by atoms with van der Waals surface area (Å²) in [6, 6.07) is 5.25. The molecule has 2 fully saturated rings. The molecule has 1 saturated heterocycles. The maximum atomic E-state index is 13.2. The number of pyridine rings is 1. The zero-order valence-corrected chi connectivity index (χ0v) is 19.4. The summed E-state index contributed by atoms with van der Waals surface area (Å²) < 4.78 is 3.34. The maximum absolute atomic E-state index is 13.2. The van der Waals surface area contributed by atoms with E-state index < -0.39 is 6.10 Å². The Morgan fingerprint density at radius 2 is 2.00 bits per heavy atom. The normalized spacial score (nSPS) is 21.3. The Kier molecular flexibility index (Phi) is 5.96. The zero-order chi connectivity index (χ0) is 23.8. The van der Waals surface area contributed by atoms with Crippen LogP contribution in [0, 0.1) is 0 Å². The fraction of sp³-hybridized carbons (Fsp3) is 0.478. The minimum atomic E-state index is -0.520. The quantitative estimate of drug-likeness (QED) is 0.427. The zero-order valence-electron chi connectivity index (χ0n) is 19.4. The predicted molar refractivity (Wildman–Crippen MR) is 129 cm³/mol. The molecule has 3 aromatic heterocycles. The third kappa shape index (κ3) is 4.12. The third-order valence-corrected chi connectivity index (χ3v) is 6.85. The molecule has 0 spiro atoms. The molecule has 2 atom stereocenters. The molecule has 4 N–H and O–H groups in total.